The standard InChI is InChI=1S/C26H31N3O2S/c1-18-4-10-22(11-5-18)27-25(30)14-26-28-23(17-32-26)16-29(19(2)21-8-9-21)15-20-6-12-24(31-3)13-7-20/h4-7,10-13,17,19,21H,8-9,14-16H2,1-3H3,(H,27,30). The first kappa shape index (κ1) is 22.5. The summed E-state index contributed by atoms with van der Waals surface area (Å²) in [4.78, 5) is 19.7. The summed E-state index contributed by atoms with van der Waals surface area (Å²) in [6, 6.07) is 16.7. The van der Waals surface area contributed by atoms with Gasteiger partial charge >= 0.3 is 0 Å². The monoisotopic (exact) mass is 449 g/mol. The SMILES string of the molecule is COc1ccc(CN(Cc2csc(CC(=O)Nc3ccc(C)cc3)n2)C(C)C2CC2)cc1. The molecule has 0 aliphatic heterocycles. The summed E-state index contributed by atoms with van der Waals surface area (Å²) in [5.74, 6) is 1.62. The molecule has 1 saturated carbocycles. The second-order valence-electron chi connectivity index (χ2n) is 8.65. The van der Waals surface area contributed by atoms with E-state index < -0.39 is 0 Å². The third-order valence-electron chi connectivity index (χ3n) is 6.04. The molecule has 32 heavy (non-hydrogen) atoms. The number of methoxy groups -OCH3 is 1. The van der Waals surface area contributed by atoms with Gasteiger partial charge < -0.3 is 10.1 Å². The van der Waals surface area contributed by atoms with Crippen molar-refractivity contribution in [3.63, 3.8) is 0 Å². The molecule has 168 valence electrons. The highest BCUT2D eigenvalue weighted by molar-refractivity contribution is 7.09. The summed E-state index contributed by atoms with van der Waals surface area (Å²) in [5, 5.41) is 5.91. The Labute approximate surface area is 194 Å². The van der Waals surface area contributed by atoms with Crippen LogP contribution in [0.2, 0.25) is 0 Å². The van der Waals surface area contributed by atoms with Crippen molar-refractivity contribution in [3.8, 4) is 5.75 Å². The van der Waals surface area contributed by atoms with Gasteiger partial charge in [-0.3, -0.25) is 9.69 Å². The number of carbonyl (C=O) groups is 1. The predicted octanol–water partition coefficient (Wildman–Crippen LogP) is 5.44. The van der Waals surface area contributed by atoms with Crippen LogP contribution >= 0.6 is 11.3 Å². The number of aromatic nitrogens is 1. The molecule has 1 heterocycles. The minimum atomic E-state index is -0.0313. The number of nitrogens with one attached hydrogen (secondary N) is 1. The molecule has 5 nitrogen and oxygen atoms in total. The molecule has 0 saturated heterocycles. The fourth-order valence-corrected chi connectivity index (χ4v) is 4.66. The fourth-order valence-electron chi connectivity index (χ4n) is 3.88. The maximum absolute atomic E-state index is 12.4. The van der Waals surface area contributed by atoms with E-state index in [2.05, 4.69) is 34.7 Å². The molecule has 0 bridgehead atoms. The van der Waals surface area contributed by atoms with Crippen LogP contribution in [0.4, 0.5) is 5.69 Å². The number of carbonyl (C=O) groups excluding carboxylic acids is 1. The molecule has 0 radical (unpaired) electrons. The Balaban J connectivity index is 1.38. The van der Waals surface area contributed by atoms with Crippen LogP contribution in [-0.2, 0) is 24.3 Å². The number of thiazole rings is 1. The van der Waals surface area contributed by atoms with E-state index in [9.17, 15) is 4.79 Å². The van der Waals surface area contributed by atoms with Gasteiger partial charge in [-0.25, -0.2) is 4.98 Å². The second-order valence-corrected chi connectivity index (χ2v) is 9.60. The lowest BCUT2D eigenvalue weighted by molar-refractivity contribution is -0.115. The molecule has 1 aliphatic carbocycles. The van der Waals surface area contributed by atoms with Crippen LogP contribution in [0.25, 0.3) is 0 Å². The van der Waals surface area contributed by atoms with Crippen LogP contribution in [-0.4, -0.2) is 28.9 Å². The predicted molar refractivity (Wildman–Crippen MR) is 130 cm³/mol. The van der Waals surface area contributed by atoms with Gasteiger partial charge in [0.25, 0.3) is 0 Å². The topological polar surface area (TPSA) is 54.5 Å². The van der Waals surface area contributed by atoms with Crippen molar-refractivity contribution in [2.45, 2.75) is 52.2 Å². The summed E-state index contributed by atoms with van der Waals surface area (Å²) in [6.07, 6.45) is 2.92. The largest absolute Gasteiger partial charge is 0.497 e. The Morgan fingerprint density at radius 2 is 1.88 bits per heavy atom. The Morgan fingerprint density at radius 3 is 2.53 bits per heavy atom. The molecule has 4 rings (SSSR count). The molecule has 3 aromatic rings. The molecule has 1 atom stereocenters. The number of anilines is 1. The molecule has 1 aromatic heterocycles. The minimum Gasteiger partial charge on any atom is -0.497 e. The average molecular weight is 450 g/mol. The maximum Gasteiger partial charge on any atom is 0.231 e. The van der Waals surface area contributed by atoms with Crippen LogP contribution in [0.1, 0.15) is 41.6 Å². The summed E-state index contributed by atoms with van der Waals surface area (Å²) in [6.45, 7) is 6.02. The molecule has 2 aromatic carbocycles. The summed E-state index contributed by atoms with van der Waals surface area (Å²) < 4.78 is 5.29. The Kier molecular flexibility index (Phi) is 7.22. The number of nitrogens with zero attached hydrogens (tertiary/aromatic N) is 2. The molecular weight excluding hydrogens is 418 g/mol. The third kappa shape index (κ3) is 6.17. The Bertz CT molecular complexity index is 1030. The average Bonchev–Trinajstić information content (AvgIpc) is 3.55. The number of hydrogen-bond donors (Lipinski definition) is 1. The lowest BCUT2D eigenvalue weighted by atomic mass is 10.1. The summed E-state index contributed by atoms with van der Waals surface area (Å²) >= 11 is 1.56. The maximum atomic E-state index is 12.4. The lowest BCUT2D eigenvalue weighted by Crippen LogP contribution is -2.33. The van der Waals surface area contributed by atoms with Gasteiger partial charge in [0.15, 0.2) is 0 Å². The quantitative estimate of drug-likeness (QED) is 0.448. The van der Waals surface area contributed by atoms with Crippen molar-refractivity contribution in [3.05, 3.63) is 75.7 Å². The number of ether oxygens (including phenoxy) is 1. The van der Waals surface area contributed by atoms with Crippen LogP contribution in [0.5, 0.6) is 5.75 Å². The van der Waals surface area contributed by atoms with E-state index in [-0.39, 0.29) is 5.91 Å². The van der Waals surface area contributed by atoms with Crippen LogP contribution in [0, 0.1) is 12.8 Å². The zero-order chi connectivity index (χ0) is 22.5. The molecule has 1 unspecified atom stereocenters. The van der Waals surface area contributed by atoms with Crippen molar-refractivity contribution >= 4 is 22.9 Å². The van der Waals surface area contributed by atoms with Crippen LogP contribution in [0.3, 0.4) is 0 Å². The van der Waals surface area contributed by atoms with Gasteiger partial charge in [0.05, 0.1) is 19.2 Å². The first-order valence-electron chi connectivity index (χ1n) is 11.2. The van der Waals surface area contributed by atoms with Crippen LogP contribution in [0.15, 0.2) is 53.9 Å². The van der Waals surface area contributed by atoms with E-state index in [1.54, 1.807) is 18.4 Å². The fraction of sp³-hybridized carbons (Fsp3) is 0.385. The van der Waals surface area contributed by atoms with E-state index in [0.717, 1.165) is 41.1 Å². The van der Waals surface area contributed by atoms with Gasteiger partial charge in [0, 0.05) is 30.2 Å². The van der Waals surface area contributed by atoms with E-state index in [1.165, 1.54) is 24.0 Å². The molecular formula is C26H31N3O2S. The molecule has 1 N–H and O–H groups in total. The highest BCUT2D eigenvalue weighted by atomic mass is 32.1. The van der Waals surface area contributed by atoms with E-state index in [0.29, 0.717) is 12.5 Å². The smallest absolute Gasteiger partial charge is 0.231 e. The van der Waals surface area contributed by atoms with E-state index >= 15 is 0 Å². The molecule has 1 fully saturated rings. The summed E-state index contributed by atoms with van der Waals surface area (Å²) in [7, 11) is 1.69. The highest BCUT2D eigenvalue weighted by Crippen LogP contribution is 2.36. The zero-order valence-electron chi connectivity index (χ0n) is 19.0. The van der Waals surface area contributed by atoms with Gasteiger partial charge in [-0.05, 0) is 62.4 Å². The number of benzene rings is 2. The highest BCUT2D eigenvalue weighted by Gasteiger charge is 2.32. The van der Waals surface area contributed by atoms with Crippen molar-refractivity contribution in [1.82, 2.24) is 9.88 Å². The molecule has 6 heteroatoms. The normalized spacial score (nSPS) is 14.4. The Morgan fingerprint density at radius 1 is 1.16 bits per heavy atom. The molecule has 0 spiro atoms. The van der Waals surface area contributed by atoms with Gasteiger partial charge in [0.2, 0.25) is 5.91 Å². The first-order chi connectivity index (χ1) is 15.5. The number of hydrogen-bond acceptors (Lipinski definition) is 5. The van der Waals surface area contributed by atoms with Crippen molar-refractivity contribution < 1.29 is 9.53 Å². The van der Waals surface area contributed by atoms with Crippen molar-refractivity contribution in [1.29, 1.82) is 0 Å². The van der Waals surface area contributed by atoms with Crippen molar-refractivity contribution in [2.24, 2.45) is 5.92 Å². The second kappa shape index (κ2) is 10.3. The molecule has 1 aliphatic rings. The van der Waals surface area contributed by atoms with Gasteiger partial charge in [-0.2, -0.15) is 0 Å². The van der Waals surface area contributed by atoms with E-state index in [1.807, 2.05) is 43.3 Å². The first-order valence-corrected chi connectivity index (χ1v) is 12.0. The Hall–Kier alpha value is -2.70. The third-order valence-corrected chi connectivity index (χ3v) is 6.93. The molecule has 1 amide bonds. The number of amides is 1. The zero-order valence-corrected chi connectivity index (χ0v) is 19.8. The number of aryl methyl sites for hydroxylation is 1. The van der Waals surface area contributed by atoms with Gasteiger partial charge in [0.1, 0.15) is 10.8 Å². The lowest BCUT2D eigenvalue weighted by Gasteiger charge is -2.28. The van der Waals surface area contributed by atoms with Gasteiger partial charge in [-0.1, -0.05) is 29.8 Å². The van der Waals surface area contributed by atoms with Crippen molar-refractivity contribution in [2.75, 3.05) is 12.4 Å². The minimum absolute atomic E-state index is 0.0313. The van der Waals surface area contributed by atoms with Gasteiger partial charge in [-0.15, -0.1) is 11.3 Å². The summed E-state index contributed by atoms with van der Waals surface area (Å²) in [5.41, 5.74) is 4.30. The number of rotatable bonds is 10. The van der Waals surface area contributed by atoms with E-state index in [4.69, 9.17) is 9.72 Å². The van der Waals surface area contributed by atoms with Crippen LogP contribution < -0.4 is 10.1 Å².